The molecule has 1 aliphatic heterocycles. The number of nitrogens with zero attached hydrogens (tertiary/aromatic N) is 2. The molecule has 1 aliphatic rings. The first kappa shape index (κ1) is 16.5. The van der Waals surface area contributed by atoms with Crippen LogP contribution in [-0.2, 0) is 22.7 Å². The highest BCUT2D eigenvalue weighted by molar-refractivity contribution is 6.29. The molecule has 1 aromatic heterocycles. The fourth-order valence-corrected chi connectivity index (χ4v) is 2.67. The molecule has 6 heteroatoms. The number of ether oxygens (including phenoxy) is 1. The van der Waals surface area contributed by atoms with Gasteiger partial charge in [-0.15, -0.1) is 0 Å². The molecule has 0 aliphatic carbocycles. The first-order valence-electron chi connectivity index (χ1n) is 7.76. The van der Waals surface area contributed by atoms with Crippen LogP contribution in [0.5, 0.6) is 0 Å². The Labute approximate surface area is 145 Å². The standard InChI is InChI=1S/C18H17ClN2O3/c19-16-8-5-14(10-20-16)12-24-18(23)15-6-3-13(4-7-15)11-21-9-1-2-17(21)22/h3-8,10H,1-2,9,11-12H2. The molecule has 0 spiro atoms. The van der Waals surface area contributed by atoms with E-state index in [1.807, 2.05) is 17.0 Å². The Bertz CT molecular complexity index is 729. The molecule has 1 fully saturated rings. The van der Waals surface area contributed by atoms with Gasteiger partial charge in [-0.1, -0.05) is 29.8 Å². The van der Waals surface area contributed by atoms with Crippen LogP contribution < -0.4 is 0 Å². The van der Waals surface area contributed by atoms with Gasteiger partial charge in [-0.2, -0.15) is 0 Å². The van der Waals surface area contributed by atoms with E-state index >= 15 is 0 Å². The third-order valence-corrected chi connectivity index (χ3v) is 4.12. The minimum atomic E-state index is -0.395. The maximum atomic E-state index is 12.1. The lowest BCUT2D eigenvalue weighted by Crippen LogP contribution is -2.23. The highest BCUT2D eigenvalue weighted by Crippen LogP contribution is 2.15. The van der Waals surface area contributed by atoms with Gasteiger partial charge in [0, 0.05) is 31.3 Å². The summed E-state index contributed by atoms with van der Waals surface area (Å²) in [5.74, 6) is -0.205. The molecule has 0 radical (unpaired) electrons. The molecule has 0 saturated carbocycles. The Hall–Kier alpha value is -2.40. The molecule has 0 unspecified atom stereocenters. The normalized spacial score (nSPS) is 14.0. The number of amides is 1. The first-order chi connectivity index (χ1) is 11.6. The average Bonchev–Trinajstić information content (AvgIpc) is 3.00. The fraction of sp³-hybridized carbons (Fsp3) is 0.278. The molecule has 1 aromatic carbocycles. The van der Waals surface area contributed by atoms with E-state index in [4.69, 9.17) is 16.3 Å². The van der Waals surface area contributed by atoms with Crippen LogP contribution in [-0.4, -0.2) is 28.3 Å². The lowest BCUT2D eigenvalue weighted by Gasteiger charge is -2.15. The summed E-state index contributed by atoms with van der Waals surface area (Å²) in [7, 11) is 0. The molecular formula is C18H17ClN2O3. The third-order valence-electron chi connectivity index (χ3n) is 3.89. The van der Waals surface area contributed by atoms with Gasteiger partial charge in [-0.3, -0.25) is 4.79 Å². The van der Waals surface area contributed by atoms with Crippen molar-refractivity contribution in [3.63, 3.8) is 0 Å². The van der Waals surface area contributed by atoms with Crippen LogP contribution >= 0.6 is 11.6 Å². The largest absolute Gasteiger partial charge is 0.457 e. The van der Waals surface area contributed by atoms with Gasteiger partial charge in [0.15, 0.2) is 0 Å². The Morgan fingerprint density at radius 3 is 2.54 bits per heavy atom. The van der Waals surface area contributed by atoms with Gasteiger partial charge >= 0.3 is 5.97 Å². The number of hydrogen-bond acceptors (Lipinski definition) is 4. The molecule has 1 saturated heterocycles. The lowest BCUT2D eigenvalue weighted by molar-refractivity contribution is -0.128. The Morgan fingerprint density at radius 1 is 1.17 bits per heavy atom. The van der Waals surface area contributed by atoms with Crippen molar-refractivity contribution in [1.82, 2.24) is 9.88 Å². The van der Waals surface area contributed by atoms with E-state index in [0.717, 1.165) is 24.1 Å². The quantitative estimate of drug-likeness (QED) is 0.617. The number of hydrogen-bond donors (Lipinski definition) is 0. The molecule has 0 bridgehead atoms. The summed E-state index contributed by atoms with van der Waals surface area (Å²) in [6.45, 7) is 1.54. The van der Waals surface area contributed by atoms with Crippen LogP contribution in [0.2, 0.25) is 5.15 Å². The molecule has 0 N–H and O–H groups in total. The van der Waals surface area contributed by atoms with Gasteiger partial charge < -0.3 is 9.64 Å². The first-order valence-corrected chi connectivity index (χ1v) is 8.14. The van der Waals surface area contributed by atoms with E-state index in [0.29, 0.717) is 23.7 Å². The van der Waals surface area contributed by atoms with Crippen LogP contribution in [0.3, 0.4) is 0 Å². The summed E-state index contributed by atoms with van der Waals surface area (Å²) in [6, 6.07) is 10.6. The highest BCUT2D eigenvalue weighted by Gasteiger charge is 2.20. The zero-order valence-electron chi connectivity index (χ0n) is 13.1. The maximum Gasteiger partial charge on any atom is 0.338 e. The van der Waals surface area contributed by atoms with E-state index in [-0.39, 0.29) is 12.5 Å². The zero-order valence-corrected chi connectivity index (χ0v) is 13.8. The van der Waals surface area contributed by atoms with Crippen molar-refractivity contribution in [2.45, 2.75) is 26.0 Å². The third kappa shape index (κ3) is 4.11. The van der Waals surface area contributed by atoms with Crippen LogP contribution in [0.25, 0.3) is 0 Å². The SMILES string of the molecule is O=C(OCc1ccc(Cl)nc1)c1ccc(CN2CCCC2=O)cc1. The topological polar surface area (TPSA) is 59.5 Å². The van der Waals surface area contributed by atoms with Gasteiger partial charge in [-0.05, 0) is 30.2 Å². The maximum absolute atomic E-state index is 12.1. The lowest BCUT2D eigenvalue weighted by atomic mass is 10.1. The van der Waals surface area contributed by atoms with Crippen LogP contribution in [0.15, 0.2) is 42.6 Å². The number of benzene rings is 1. The summed E-state index contributed by atoms with van der Waals surface area (Å²) in [4.78, 5) is 29.5. The van der Waals surface area contributed by atoms with Crippen molar-refractivity contribution < 1.29 is 14.3 Å². The van der Waals surface area contributed by atoms with Crippen LogP contribution in [0, 0.1) is 0 Å². The summed E-state index contributed by atoms with van der Waals surface area (Å²) in [5.41, 5.74) is 2.26. The van der Waals surface area contributed by atoms with Gasteiger partial charge in [0.05, 0.1) is 5.56 Å². The van der Waals surface area contributed by atoms with E-state index < -0.39 is 5.97 Å². The summed E-state index contributed by atoms with van der Waals surface area (Å²) in [6.07, 6.45) is 3.12. The number of halogens is 1. The molecule has 24 heavy (non-hydrogen) atoms. The Kier molecular flexibility index (Phi) is 5.11. The van der Waals surface area contributed by atoms with Crippen molar-refractivity contribution in [2.24, 2.45) is 0 Å². The molecule has 3 rings (SSSR count). The summed E-state index contributed by atoms with van der Waals surface area (Å²) in [5, 5.41) is 0.400. The monoisotopic (exact) mass is 344 g/mol. The predicted octanol–water partition coefficient (Wildman–Crippen LogP) is 3.21. The molecule has 5 nitrogen and oxygen atoms in total. The summed E-state index contributed by atoms with van der Waals surface area (Å²) >= 11 is 5.71. The zero-order chi connectivity index (χ0) is 16.9. The van der Waals surface area contributed by atoms with E-state index in [2.05, 4.69) is 4.98 Å². The number of pyridine rings is 1. The second-order valence-corrected chi connectivity index (χ2v) is 6.07. The molecule has 2 heterocycles. The van der Waals surface area contributed by atoms with Crippen molar-refractivity contribution >= 4 is 23.5 Å². The molecular weight excluding hydrogens is 328 g/mol. The number of esters is 1. The minimum absolute atomic E-state index is 0.146. The number of carbonyl (C=O) groups excluding carboxylic acids is 2. The Morgan fingerprint density at radius 2 is 1.92 bits per heavy atom. The summed E-state index contributed by atoms with van der Waals surface area (Å²) < 4.78 is 5.26. The number of carbonyl (C=O) groups is 2. The molecule has 2 aromatic rings. The van der Waals surface area contributed by atoms with E-state index in [1.54, 1.807) is 30.5 Å². The van der Waals surface area contributed by atoms with Crippen LogP contribution in [0.1, 0.15) is 34.3 Å². The number of aromatic nitrogens is 1. The second kappa shape index (κ2) is 7.45. The van der Waals surface area contributed by atoms with Gasteiger partial charge in [0.1, 0.15) is 11.8 Å². The molecule has 1 amide bonds. The molecule has 124 valence electrons. The molecule has 0 atom stereocenters. The van der Waals surface area contributed by atoms with Gasteiger partial charge in [0.25, 0.3) is 0 Å². The average molecular weight is 345 g/mol. The van der Waals surface area contributed by atoms with E-state index in [9.17, 15) is 9.59 Å². The minimum Gasteiger partial charge on any atom is -0.457 e. The van der Waals surface area contributed by atoms with Crippen LogP contribution in [0.4, 0.5) is 0 Å². The van der Waals surface area contributed by atoms with Crippen molar-refractivity contribution in [2.75, 3.05) is 6.54 Å². The second-order valence-electron chi connectivity index (χ2n) is 5.68. The smallest absolute Gasteiger partial charge is 0.338 e. The van der Waals surface area contributed by atoms with E-state index in [1.165, 1.54) is 0 Å². The van der Waals surface area contributed by atoms with Crippen molar-refractivity contribution in [3.8, 4) is 0 Å². The highest BCUT2D eigenvalue weighted by atomic mass is 35.5. The number of rotatable bonds is 5. The predicted molar refractivity (Wildman–Crippen MR) is 89.5 cm³/mol. The Balaban J connectivity index is 1.55. The van der Waals surface area contributed by atoms with Crippen molar-refractivity contribution in [3.05, 3.63) is 64.4 Å². The number of likely N-dealkylation sites (tertiary alicyclic amines) is 1. The van der Waals surface area contributed by atoms with Gasteiger partial charge in [-0.25, -0.2) is 9.78 Å². The van der Waals surface area contributed by atoms with Crippen molar-refractivity contribution in [1.29, 1.82) is 0 Å². The fourth-order valence-electron chi connectivity index (χ4n) is 2.56. The van der Waals surface area contributed by atoms with Gasteiger partial charge in [0.2, 0.25) is 5.91 Å².